The van der Waals surface area contributed by atoms with Crippen molar-refractivity contribution in [3.05, 3.63) is 0 Å². The van der Waals surface area contributed by atoms with Crippen LogP contribution in [0, 0.1) is 11.8 Å². The fourth-order valence-corrected chi connectivity index (χ4v) is 3.07. The van der Waals surface area contributed by atoms with Crippen LogP contribution in [0.1, 0.15) is 64.7 Å². The molecule has 0 aromatic carbocycles. The second-order valence-electron chi connectivity index (χ2n) is 5.41. The highest BCUT2D eigenvalue weighted by Gasteiger charge is 2.23. The van der Waals surface area contributed by atoms with Crippen molar-refractivity contribution in [2.75, 3.05) is 0 Å². The maximum Gasteiger partial charge on any atom is 0.243 e. The first-order valence-corrected chi connectivity index (χ1v) is 7.17. The number of amides is 1. The molecule has 0 bridgehead atoms. The normalized spacial score (nSPS) is 28.5. The van der Waals surface area contributed by atoms with Crippen molar-refractivity contribution < 1.29 is 4.79 Å². The first-order valence-electron chi connectivity index (χ1n) is 7.17. The second kappa shape index (κ2) is 6.18. The molecule has 1 atom stereocenters. The zero-order valence-electron chi connectivity index (χ0n) is 10.9. The second-order valence-corrected chi connectivity index (χ2v) is 5.41. The molecule has 96 valence electrons. The van der Waals surface area contributed by atoms with Crippen LogP contribution >= 0.6 is 0 Å². The summed E-state index contributed by atoms with van der Waals surface area (Å²) in [6, 6.07) is 0. The summed E-state index contributed by atoms with van der Waals surface area (Å²) in [7, 11) is 0. The van der Waals surface area contributed by atoms with Crippen molar-refractivity contribution in [1.82, 2.24) is 5.43 Å². The van der Waals surface area contributed by atoms with Crippen molar-refractivity contribution >= 4 is 11.6 Å². The summed E-state index contributed by atoms with van der Waals surface area (Å²) in [5.74, 6) is 0.982. The summed E-state index contributed by atoms with van der Waals surface area (Å²) in [4.78, 5) is 11.9. The van der Waals surface area contributed by atoms with Crippen molar-refractivity contribution in [3.8, 4) is 0 Å². The standard InChI is InChI=1S/C14H24N2O/c1-2-11-9-6-10-13(11)15-16-14(17)12-7-4-3-5-8-12/h11-12H,2-10H2,1H3,(H,16,17)/t11-/m0/s1. The number of carbonyl (C=O) groups excluding carboxylic acids is 1. The van der Waals surface area contributed by atoms with Gasteiger partial charge in [-0.2, -0.15) is 5.10 Å². The van der Waals surface area contributed by atoms with Gasteiger partial charge in [-0.1, -0.05) is 26.2 Å². The Balaban J connectivity index is 1.83. The van der Waals surface area contributed by atoms with Crippen LogP contribution in [0.4, 0.5) is 0 Å². The van der Waals surface area contributed by atoms with Gasteiger partial charge in [-0.15, -0.1) is 0 Å². The molecular formula is C14H24N2O. The van der Waals surface area contributed by atoms with Gasteiger partial charge in [-0.25, -0.2) is 5.43 Å². The third-order valence-electron chi connectivity index (χ3n) is 4.24. The molecule has 3 nitrogen and oxygen atoms in total. The molecule has 3 heteroatoms. The largest absolute Gasteiger partial charge is 0.273 e. The maximum absolute atomic E-state index is 11.9. The predicted molar refractivity (Wildman–Crippen MR) is 69.8 cm³/mol. The highest BCUT2D eigenvalue weighted by Crippen LogP contribution is 2.26. The van der Waals surface area contributed by atoms with Crippen molar-refractivity contribution in [3.63, 3.8) is 0 Å². The Morgan fingerprint density at radius 3 is 2.71 bits per heavy atom. The first-order chi connectivity index (χ1) is 8.31. The Morgan fingerprint density at radius 1 is 1.24 bits per heavy atom. The van der Waals surface area contributed by atoms with E-state index in [9.17, 15) is 4.79 Å². The summed E-state index contributed by atoms with van der Waals surface area (Å²) in [5, 5.41) is 4.37. The quantitative estimate of drug-likeness (QED) is 0.751. The van der Waals surface area contributed by atoms with Crippen molar-refractivity contribution in [1.29, 1.82) is 0 Å². The summed E-state index contributed by atoms with van der Waals surface area (Å²) >= 11 is 0. The van der Waals surface area contributed by atoms with Crippen LogP contribution in [0.25, 0.3) is 0 Å². The molecule has 2 fully saturated rings. The van der Waals surface area contributed by atoms with Gasteiger partial charge in [0.25, 0.3) is 0 Å². The third-order valence-corrected chi connectivity index (χ3v) is 4.24. The molecule has 0 heterocycles. The number of hydrazone groups is 1. The fraction of sp³-hybridized carbons (Fsp3) is 0.857. The molecule has 17 heavy (non-hydrogen) atoms. The topological polar surface area (TPSA) is 41.5 Å². The van der Waals surface area contributed by atoms with E-state index in [4.69, 9.17) is 0 Å². The predicted octanol–water partition coefficient (Wildman–Crippen LogP) is 3.25. The Hall–Kier alpha value is -0.860. The van der Waals surface area contributed by atoms with Crippen LogP contribution in [0.5, 0.6) is 0 Å². The van der Waals surface area contributed by atoms with Crippen molar-refractivity contribution in [2.24, 2.45) is 16.9 Å². The minimum absolute atomic E-state index is 0.152. The molecule has 1 amide bonds. The first kappa shape index (κ1) is 12.6. The Bertz CT molecular complexity index is 293. The number of carbonyl (C=O) groups is 1. The summed E-state index contributed by atoms with van der Waals surface area (Å²) < 4.78 is 0. The van der Waals surface area contributed by atoms with E-state index >= 15 is 0 Å². The molecule has 2 aliphatic carbocycles. The number of hydrogen-bond acceptors (Lipinski definition) is 2. The van der Waals surface area contributed by atoms with Gasteiger partial charge in [0.2, 0.25) is 5.91 Å². The van der Waals surface area contributed by atoms with Gasteiger partial charge in [0.05, 0.1) is 0 Å². The number of hydrogen-bond donors (Lipinski definition) is 1. The molecular weight excluding hydrogens is 212 g/mol. The van der Waals surface area contributed by atoms with Crippen LogP contribution in [0.2, 0.25) is 0 Å². The zero-order chi connectivity index (χ0) is 12.1. The molecule has 1 N–H and O–H groups in total. The molecule has 0 aliphatic heterocycles. The van der Waals surface area contributed by atoms with E-state index in [1.165, 1.54) is 37.8 Å². The minimum atomic E-state index is 0.152. The smallest absolute Gasteiger partial charge is 0.243 e. The zero-order valence-corrected chi connectivity index (χ0v) is 10.9. The lowest BCUT2D eigenvalue weighted by Gasteiger charge is -2.19. The lowest BCUT2D eigenvalue weighted by atomic mass is 9.89. The van der Waals surface area contributed by atoms with E-state index in [1.54, 1.807) is 0 Å². The van der Waals surface area contributed by atoms with Gasteiger partial charge in [0.15, 0.2) is 0 Å². The highest BCUT2D eigenvalue weighted by atomic mass is 16.2. The Kier molecular flexibility index (Phi) is 4.57. The Morgan fingerprint density at radius 2 is 2.00 bits per heavy atom. The third kappa shape index (κ3) is 3.30. The van der Waals surface area contributed by atoms with E-state index in [0.29, 0.717) is 5.92 Å². The van der Waals surface area contributed by atoms with E-state index in [1.807, 2.05) is 0 Å². The van der Waals surface area contributed by atoms with Gasteiger partial charge in [0.1, 0.15) is 0 Å². The number of rotatable bonds is 3. The van der Waals surface area contributed by atoms with E-state index in [2.05, 4.69) is 17.5 Å². The maximum atomic E-state index is 11.9. The fourth-order valence-electron chi connectivity index (χ4n) is 3.07. The van der Waals surface area contributed by atoms with Crippen LogP contribution in [0.3, 0.4) is 0 Å². The van der Waals surface area contributed by atoms with Gasteiger partial charge >= 0.3 is 0 Å². The van der Waals surface area contributed by atoms with Gasteiger partial charge in [0, 0.05) is 11.6 Å². The molecule has 2 rings (SSSR count). The van der Waals surface area contributed by atoms with Crippen LogP contribution in [0.15, 0.2) is 5.10 Å². The molecule has 2 aliphatic rings. The SMILES string of the molecule is CC[C@H]1CCCC1=NNC(=O)C1CCCCC1. The van der Waals surface area contributed by atoms with Crippen LogP contribution < -0.4 is 5.43 Å². The van der Waals surface area contributed by atoms with E-state index in [-0.39, 0.29) is 11.8 Å². The summed E-state index contributed by atoms with van der Waals surface area (Å²) in [6.45, 7) is 2.20. The molecule has 0 saturated heterocycles. The van der Waals surface area contributed by atoms with Gasteiger partial charge < -0.3 is 0 Å². The molecule has 0 unspecified atom stereocenters. The molecule has 0 aromatic rings. The monoisotopic (exact) mass is 236 g/mol. The van der Waals surface area contributed by atoms with Crippen LogP contribution in [-0.4, -0.2) is 11.6 Å². The number of nitrogens with one attached hydrogen (secondary N) is 1. The van der Waals surface area contributed by atoms with Gasteiger partial charge in [-0.3, -0.25) is 4.79 Å². The lowest BCUT2D eigenvalue weighted by Crippen LogP contribution is -2.29. The molecule has 0 aromatic heterocycles. The summed E-state index contributed by atoms with van der Waals surface area (Å²) in [6.07, 6.45) is 10.5. The molecule has 0 spiro atoms. The minimum Gasteiger partial charge on any atom is -0.273 e. The van der Waals surface area contributed by atoms with Gasteiger partial charge in [-0.05, 0) is 44.4 Å². The average Bonchev–Trinajstić information content (AvgIpc) is 2.84. The van der Waals surface area contributed by atoms with Crippen LogP contribution in [-0.2, 0) is 4.79 Å². The number of nitrogens with zero attached hydrogens (tertiary/aromatic N) is 1. The molecule has 2 saturated carbocycles. The average molecular weight is 236 g/mol. The van der Waals surface area contributed by atoms with E-state index < -0.39 is 0 Å². The summed E-state index contributed by atoms with van der Waals surface area (Å²) in [5.41, 5.74) is 4.03. The molecule has 0 radical (unpaired) electrons. The Labute approximate surface area is 104 Å². The van der Waals surface area contributed by atoms with Crippen molar-refractivity contribution in [2.45, 2.75) is 64.7 Å². The highest BCUT2D eigenvalue weighted by molar-refractivity contribution is 5.90. The lowest BCUT2D eigenvalue weighted by molar-refractivity contribution is -0.125. The van der Waals surface area contributed by atoms with E-state index in [0.717, 1.165) is 25.7 Å².